The third kappa shape index (κ3) is 5.41. The van der Waals surface area contributed by atoms with Gasteiger partial charge in [-0.1, -0.05) is 6.07 Å². The number of nitrogens with one attached hydrogen (secondary N) is 1. The van der Waals surface area contributed by atoms with E-state index in [-0.39, 0.29) is 17.5 Å². The molecule has 0 saturated heterocycles. The first-order valence-electron chi connectivity index (χ1n) is 7.68. The molecule has 1 fully saturated rings. The second kappa shape index (κ2) is 6.90. The Labute approximate surface area is 131 Å². The summed E-state index contributed by atoms with van der Waals surface area (Å²) in [7, 11) is 0. The first kappa shape index (κ1) is 16.5. The lowest BCUT2D eigenvalue weighted by atomic mass is 10.1. The van der Waals surface area contributed by atoms with Gasteiger partial charge < -0.3 is 11.1 Å². The number of hydrogen-bond donors (Lipinski definition) is 2. The maximum atomic E-state index is 12.2. The van der Waals surface area contributed by atoms with E-state index in [4.69, 9.17) is 5.73 Å². The Bertz CT molecular complexity index is 449. The molecule has 1 heterocycles. The molecule has 0 bridgehead atoms. The normalized spacial score (nSPS) is 17.0. The molecule has 1 amide bonds. The van der Waals surface area contributed by atoms with Gasteiger partial charge in [0.1, 0.15) is 0 Å². The standard InChI is InChI=1S/C16H27N3OS/c1-16(2,3)18-15(20)9-13(10-17)19(12-6-7-12)11-14-5-4-8-21-14/h4-5,8,12-13H,6-7,9-11,17H2,1-3H3,(H,18,20). The van der Waals surface area contributed by atoms with Crippen molar-refractivity contribution in [3.05, 3.63) is 22.4 Å². The van der Waals surface area contributed by atoms with Gasteiger partial charge in [0.05, 0.1) is 0 Å². The second-order valence-corrected chi connectivity index (χ2v) is 7.91. The molecule has 1 aromatic heterocycles. The summed E-state index contributed by atoms with van der Waals surface area (Å²) in [4.78, 5) is 16.0. The average Bonchev–Trinajstić information content (AvgIpc) is 3.09. The van der Waals surface area contributed by atoms with Crippen LogP contribution in [-0.4, -0.2) is 35.0 Å². The fourth-order valence-electron chi connectivity index (χ4n) is 2.56. The van der Waals surface area contributed by atoms with Crippen molar-refractivity contribution in [1.29, 1.82) is 0 Å². The molecule has 3 N–H and O–H groups in total. The van der Waals surface area contributed by atoms with Gasteiger partial charge >= 0.3 is 0 Å². The van der Waals surface area contributed by atoms with Crippen LogP contribution in [0.2, 0.25) is 0 Å². The summed E-state index contributed by atoms with van der Waals surface area (Å²) >= 11 is 1.77. The van der Waals surface area contributed by atoms with Gasteiger partial charge in [-0.2, -0.15) is 0 Å². The fourth-order valence-corrected chi connectivity index (χ4v) is 3.28. The van der Waals surface area contributed by atoms with Crippen LogP contribution < -0.4 is 11.1 Å². The Morgan fingerprint density at radius 1 is 1.52 bits per heavy atom. The van der Waals surface area contributed by atoms with Crippen LogP contribution in [0.4, 0.5) is 0 Å². The molecular weight excluding hydrogens is 282 g/mol. The molecule has 0 aliphatic heterocycles. The maximum Gasteiger partial charge on any atom is 0.222 e. The van der Waals surface area contributed by atoms with Crippen LogP contribution in [0.1, 0.15) is 44.9 Å². The van der Waals surface area contributed by atoms with Crippen molar-refractivity contribution in [2.75, 3.05) is 6.54 Å². The molecule has 4 nitrogen and oxygen atoms in total. The molecule has 1 aliphatic rings. The highest BCUT2D eigenvalue weighted by Crippen LogP contribution is 2.31. The monoisotopic (exact) mass is 309 g/mol. The molecule has 0 spiro atoms. The first-order chi connectivity index (χ1) is 9.89. The van der Waals surface area contributed by atoms with E-state index in [0.717, 1.165) is 6.54 Å². The van der Waals surface area contributed by atoms with Gasteiger partial charge in [-0.15, -0.1) is 11.3 Å². The van der Waals surface area contributed by atoms with Crippen molar-refractivity contribution in [1.82, 2.24) is 10.2 Å². The highest BCUT2D eigenvalue weighted by Gasteiger charge is 2.34. The van der Waals surface area contributed by atoms with E-state index in [2.05, 4.69) is 27.7 Å². The van der Waals surface area contributed by atoms with Crippen LogP contribution in [0.25, 0.3) is 0 Å². The predicted octanol–water partition coefficient (Wildman–Crippen LogP) is 2.34. The zero-order chi connectivity index (χ0) is 15.5. The summed E-state index contributed by atoms with van der Waals surface area (Å²) in [5, 5.41) is 5.14. The highest BCUT2D eigenvalue weighted by molar-refractivity contribution is 7.09. The summed E-state index contributed by atoms with van der Waals surface area (Å²) < 4.78 is 0. The van der Waals surface area contributed by atoms with Crippen molar-refractivity contribution < 1.29 is 4.79 Å². The Morgan fingerprint density at radius 3 is 2.71 bits per heavy atom. The van der Waals surface area contributed by atoms with Gasteiger partial charge in [0.2, 0.25) is 5.91 Å². The Hall–Kier alpha value is -0.910. The van der Waals surface area contributed by atoms with E-state index >= 15 is 0 Å². The van der Waals surface area contributed by atoms with Crippen LogP contribution in [-0.2, 0) is 11.3 Å². The quantitative estimate of drug-likeness (QED) is 0.813. The summed E-state index contributed by atoms with van der Waals surface area (Å²) in [6.45, 7) is 7.46. The third-order valence-corrected chi connectivity index (χ3v) is 4.47. The van der Waals surface area contributed by atoms with Crippen molar-refractivity contribution in [3.8, 4) is 0 Å². The molecule has 0 aromatic carbocycles. The van der Waals surface area contributed by atoms with Gasteiger partial charge in [-0.25, -0.2) is 0 Å². The molecule has 1 aromatic rings. The minimum Gasteiger partial charge on any atom is -0.351 e. The Kier molecular flexibility index (Phi) is 5.41. The smallest absolute Gasteiger partial charge is 0.222 e. The molecule has 1 atom stereocenters. The maximum absolute atomic E-state index is 12.2. The third-order valence-electron chi connectivity index (χ3n) is 3.61. The second-order valence-electron chi connectivity index (χ2n) is 6.87. The van der Waals surface area contributed by atoms with Gasteiger partial charge in [0.25, 0.3) is 0 Å². The van der Waals surface area contributed by atoms with E-state index in [1.165, 1.54) is 17.7 Å². The zero-order valence-corrected chi connectivity index (χ0v) is 14.1. The van der Waals surface area contributed by atoms with E-state index in [9.17, 15) is 4.79 Å². The largest absolute Gasteiger partial charge is 0.351 e. The number of nitrogens with two attached hydrogens (primary N) is 1. The minimum atomic E-state index is -0.186. The summed E-state index contributed by atoms with van der Waals surface area (Å²) in [5.41, 5.74) is 5.78. The van der Waals surface area contributed by atoms with Crippen LogP contribution >= 0.6 is 11.3 Å². The van der Waals surface area contributed by atoms with E-state index < -0.39 is 0 Å². The topological polar surface area (TPSA) is 58.4 Å². The van der Waals surface area contributed by atoms with Gasteiger partial charge in [-0.3, -0.25) is 9.69 Å². The molecule has 118 valence electrons. The van der Waals surface area contributed by atoms with Gasteiger partial charge in [0, 0.05) is 42.0 Å². The molecule has 1 aliphatic carbocycles. The number of hydrogen-bond acceptors (Lipinski definition) is 4. The number of carbonyl (C=O) groups is 1. The van der Waals surface area contributed by atoms with E-state index in [0.29, 0.717) is 19.0 Å². The molecular formula is C16H27N3OS. The predicted molar refractivity (Wildman–Crippen MR) is 88.2 cm³/mol. The minimum absolute atomic E-state index is 0.0924. The van der Waals surface area contributed by atoms with E-state index in [1.54, 1.807) is 11.3 Å². The van der Waals surface area contributed by atoms with Crippen molar-refractivity contribution in [2.24, 2.45) is 5.73 Å². The lowest BCUT2D eigenvalue weighted by Gasteiger charge is -2.31. The Balaban J connectivity index is 1.97. The summed E-state index contributed by atoms with van der Waals surface area (Å²) in [6, 6.07) is 4.96. The van der Waals surface area contributed by atoms with Crippen molar-refractivity contribution in [3.63, 3.8) is 0 Å². The van der Waals surface area contributed by atoms with Crippen LogP contribution in [0, 0.1) is 0 Å². The molecule has 2 rings (SSSR count). The van der Waals surface area contributed by atoms with Gasteiger partial charge in [0.15, 0.2) is 0 Å². The molecule has 0 radical (unpaired) electrons. The van der Waals surface area contributed by atoms with Crippen LogP contribution in [0.15, 0.2) is 17.5 Å². The Morgan fingerprint density at radius 2 is 2.24 bits per heavy atom. The lowest BCUT2D eigenvalue weighted by Crippen LogP contribution is -2.47. The number of carbonyl (C=O) groups excluding carboxylic acids is 1. The summed E-state index contributed by atoms with van der Waals surface area (Å²) in [6.07, 6.45) is 2.93. The SMILES string of the molecule is CC(C)(C)NC(=O)CC(CN)N(Cc1cccs1)C1CC1. The molecule has 1 unspecified atom stereocenters. The average molecular weight is 309 g/mol. The van der Waals surface area contributed by atoms with Crippen molar-refractivity contribution >= 4 is 17.2 Å². The molecule has 1 saturated carbocycles. The summed E-state index contributed by atoms with van der Waals surface area (Å²) in [5.74, 6) is 0.0924. The molecule has 21 heavy (non-hydrogen) atoms. The van der Waals surface area contributed by atoms with Crippen LogP contribution in [0.3, 0.4) is 0 Å². The van der Waals surface area contributed by atoms with Crippen molar-refractivity contribution in [2.45, 2.75) is 64.2 Å². The van der Waals surface area contributed by atoms with Gasteiger partial charge in [-0.05, 0) is 45.1 Å². The number of rotatable bonds is 7. The number of thiophene rings is 1. The highest BCUT2D eigenvalue weighted by atomic mass is 32.1. The van der Waals surface area contributed by atoms with Crippen LogP contribution in [0.5, 0.6) is 0 Å². The first-order valence-corrected chi connectivity index (χ1v) is 8.56. The molecule has 5 heteroatoms. The number of amides is 1. The number of nitrogens with zero attached hydrogens (tertiary/aromatic N) is 1. The van der Waals surface area contributed by atoms with E-state index in [1.807, 2.05) is 20.8 Å². The fraction of sp³-hybridized carbons (Fsp3) is 0.688. The lowest BCUT2D eigenvalue weighted by molar-refractivity contribution is -0.123. The zero-order valence-electron chi connectivity index (χ0n) is 13.3.